The molecule has 0 fully saturated rings. The van der Waals surface area contributed by atoms with Gasteiger partial charge in [-0.2, -0.15) is 0 Å². The van der Waals surface area contributed by atoms with E-state index < -0.39 is 11.3 Å². The lowest BCUT2D eigenvalue weighted by Crippen LogP contribution is -2.25. The SMILES string of the molecule is COCCc1ccccc1CC(Cl)C(N)=O. The second kappa shape index (κ2) is 6.51. The summed E-state index contributed by atoms with van der Waals surface area (Å²) < 4.78 is 5.03. The van der Waals surface area contributed by atoms with Gasteiger partial charge in [0.2, 0.25) is 5.91 Å². The molecule has 2 N–H and O–H groups in total. The van der Waals surface area contributed by atoms with E-state index in [1.165, 1.54) is 0 Å². The van der Waals surface area contributed by atoms with Crippen LogP contribution in [0.2, 0.25) is 0 Å². The van der Waals surface area contributed by atoms with Gasteiger partial charge in [-0.05, 0) is 24.0 Å². The number of nitrogens with two attached hydrogens (primary N) is 1. The van der Waals surface area contributed by atoms with Crippen molar-refractivity contribution in [3.05, 3.63) is 35.4 Å². The molecular formula is C12H16ClNO2. The van der Waals surface area contributed by atoms with Gasteiger partial charge in [-0.15, -0.1) is 11.6 Å². The number of rotatable bonds is 6. The molecule has 0 aromatic heterocycles. The summed E-state index contributed by atoms with van der Waals surface area (Å²) in [7, 11) is 1.66. The van der Waals surface area contributed by atoms with E-state index in [0.29, 0.717) is 13.0 Å². The van der Waals surface area contributed by atoms with Gasteiger partial charge in [0.05, 0.1) is 6.61 Å². The fraction of sp³-hybridized carbons (Fsp3) is 0.417. The maximum absolute atomic E-state index is 10.9. The number of ether oxygens (including phenoxy) is 1. The van der Waals surface area contributed by atoms with Crippen LogP contribution in [-0.4, -0.2) is 25.0 Å². The summed E-state index contributed by atoms with van der Waals surface area (Å²) in [5.74, 6) is -0.483. The summed E-state index contributed by atoms with van der Waals surface area (Å²) in [6, 6.07) is 7.86. The lowest BCUT2D eigenvalue weighted by atomic mass is 10.0. The fourth-order valence-corrected chi connectivity index (χ4v) is 1.67. The van der Waals surface area contributed by atoms with Crippen molar-refractivity contribution in [2.45, 2.75) is 18.2 Å². The topological polar surface area (TPSA) is 52.3 Å². The Balaban J connectivity index is 2.74. The highest BCUT2D eigenvalue weighted by Gasteiger charge is 2.13. The monoisotopic (exact) mass is 241 g/mol. The van der Waals surface area contributed by atoms with Crippen LogP contribution in [0.1, 0.15) is 11.1 Å². The molecule has 0 saturated heterocycles. The normalized spacial score (nSPS) is 12.4. The zero-order valence-electron chi connectivity index (χ0n) is 9.28. The second-order valence-corrected chi connectivity index (χ2v) is 4.11. The molecule has 0 radical (unpaired) electrons. The second-order valence-electron chi connectivity index (χ2n) is 3.59. The lowest BCUT2D eigenvalue weighted by Gasteiger charge is -2.10. The molecule has 1 aromatic carbocycles. The van der Waals surface area contributed by atoms with Gasteiger partial charge in [0.25, 0.3) is 0 Å². The van der Waals surface area contributed by atoms with Crippen molar-refractivity contribution in [2.24, 2.45) is 5.73 Å². The Labute approximate surface area is 101 Å². The van der Waals surface area contributed by atoms with Gasteiger partial charge in [0, 0.05) is 7.11 Å². The van der Waals surface area contributed by atoms with Crippen LogP contribution in [0.3, 0.4) is 0 Å². The zero-order chi connectivity index (χ0) is 12.0. The lowest BCUT2D eigenvalue weighted by molar-refractivity contribution is -0.117. The number of primary amides is 1. The third-order valence-electron chi connectivity index (χ3n) is 2.40. The number of carbonyl (C=O) groups is 1. The van der Waals surface area contributed by atoms with Gasteiger partial charge < -0.3 is 10.5 Å². The van der Waals surface area contributed by atoms with Crippen LogP contribution in [0.15, 0.2) is 24.3 Å². The molecular weight excluding hydrogens is 226 g/mol. The zero-order valence-corrected chi connectivity index (χ0v) is 10.0. The molecule has 0 saturated carbocycles. The van der Waals surface area contributed by atoms with Gasteiger partial charge in [-0.25, -0.2) is 0 Å². The molecule has 1 rings (SSSR count). The van der Waals surface area contributed by atoms with E-state index in [4.69, 9.17) is 22.1 Å². The van der Waals surface area contributed by atoms with E-state index in [0.717, 1.165) is 17.5 Å². The van der Waals surface area contributed by atoms with Gasteiger partial charge in [-0.1, -0.05) is 24.3 Å². The number of carbonyl (C=O) groups excluding carboxylic acids is 1. The maximum Gasteiger partial charge on any atom is 0.235 e. The molecule has 0 aliphatic carbocycles. The molecule has 1 atom stereocenters. The molecule has 4 heteroatoms. The van der Waals surface area contributed by atoms with Gasteiger partial charge in [0.15, 0.2) is 0 Å². The van der Waals surface area contributed by atoms with Crippen LogP contribution in [0, 0.1) is 0 Å². The highest BCUT2D eigenvalue weighted by molar-refractivity contribution is 6.30. The molecule has 1 aromatic rings. The predicted octanol–water partition coefficient (Wildman–Crippen LogP) is 1.51. The summed E-state index contributed by atoms with van der Waals surface area (Å²) in [5, 5.41) is -0.649. The average Bonchev–Trinajstić information content (AvgIpc) is 2.27. The van der Waals surface area contributed by atoms with E-state index in [1.807, 2.05) is 24.3 Å². The molecule has 1 amide bonds. The Morgan fingerprint density at radius 3 is 2.62 bits per heavy atom. The van der Waals surface area contributed by atoms with Crippen LogP contribution in [0.5, 0.6) is 0 Å². The largest absolute Gasteiger partial charge is 0.384 e. The van der Waals surface area contributed by atoms with Crippen molar-refractivity contribution >= 4 is 17.5 Å². The van der Waals surface area contributed by atoms with Crippen LogP contribution in [0.25, 0.3) is 0 Å². The predicted molar refractivity (Wildman–Crippen MR) is 64.6 cm³/mol. The van der Waals surface area contributed by atoms with Crippen molar-refractivity contribution in [2.75, 3.05) is 13.7 Å². The maximum atomic E-state index is 10.9. The minimum absolute atomic E-state index is 0.469. The third kappa shape index (κ3) is 3.83. The number of benzene rings is 1. The van der Waals surface area contributed by atoms with Crippen molar-refractivity contribution < 1.29 is 9.53 Å². The first-order valence-corrected chi connectivity index (χ1v) is 5.58. The first-order valence-electron chi connectivity index (χ1n) is 5.14. The summed E-state index contributed by atoms with van der Waals surface area (Å²) >= 11 is 5.85. The number of amides is 1. The van der Waals surface area contributed by atoms with Gasteiger partial charge >= 0.3 is 0 Å². The van der Waals surface area contributed by atoms with Gasteiger partial charge in [-0.3, -0.25) is 4.79 Å². The molecule has 3 nitrogen and oxygen atoms in total. The first-order chi connectivity index (χ1) is 7.65. The molecule has 0 aliphatic heterocycles. The minimum Gasteiger partial charge on any atom is -0.384 e. The number of hydrogen-bond acceptors (Lipinski definition) is 2. The standard InChI is InChI=1S/C12H16ClNO2/c1-16-7-6-9-4-2-3-5-10(9)8-11(13)12(14)15/h2-5,11H,6-8H2,1H3,(H2,14,15). The number of alkyl halides is 1. The van der Waals surface area contributed by atoms with Crippen LogP contribution < -0.4 is 5.73 Å². The molecule has 1 unspecified atom stereocenters. The van der Waals surface area contributed by atoms with Crippen LogP contribution >= 0.6 is 11.6 Å². The summed E-state index contributed by atoms with van der Waals surface area (Å²) in [6.07, 6.45) is 1.28. The van der Waals surface area contributed by atoms with Crippen molar-refractivity contribution in [3.8, 4) is 0 Å². The van der Waals surface area contributed by atoms with Crippen LogP contribution in [-0.2, 0) is 22.4 Å². The van der Waals surface area contributed by atoms with Crippen molar-refractivity contribution in [1.29, 1.82) is 0 Å². The molecule has 0 spiro atoms. The van der Waals surface area contributed by atoms with E-state index in [-0.39, 0.29) is 0 Å². The Hall–Kier alpha value is -1.06. The summed E-state index contributed by atoms with van der Waals surface area (Å²) in [4.78, 5) is 10.9. The molecule has 16 heavy (non-hydrogen) atoms. The van der Waals surface area contributed by atoms with E-state index >= 15 is 0 Å². The average molecular weight is 242 g/mol. The molecule has 0 bridgehead atoms. The highest BCUT2D eigenvalue weighted by Crippen LogP contribution is 2.14. The van der Waals surface area contributed by atoms with E-state index in [9.17, 15) is 4.79 Å². The number of hydrogen-bond donors (Lipinski definition) is 1. The molecule has 0 heterocycles. The quantitative estimate of drug-likeness (QED) is 0.768. The Bertz CT molecular complexity index is 355. The highest BCUT2D eigenvalue weighted by atomic mass is 35.5. The number of methoxy groups -OCH3 is 1. The van der Waals surface area contributed by atoms with Crippen molar-refractivity contribution in [1.82, 2.24) is 0 Å². The van der Waals surface area contributed by atoms with Gasteiger partial charge in [0.1, 0.15) is 5.38 Å². The smallest absolute Gasteiger partial charge is 0.235 e. The number of halogens is 1. The minimum atomic E-state index is -0.649. The van der Waals surface area contributed by atoms with E-state index in [2.05, 4.69) is 0 Å². The first kappa shape index (κ1) is 13.0. The summed E-state index contributed by atoms with van der Waals surface area (Å²) in [6.45, 7) is 0.653. The third-order valence-corrected chi connectivity index (χ3v) is 2.77. The Morgan fingerprint density at radius 2 is 2.06 bits per heavy atom. The van der Waals surface area contributed by atoms with E-state index in [1.54, 1.807) is 7.11 Å². The Morgan fingerprint density at radius 1 is 1.44 bits per heavy atom. The summed E-state index contributed by atoms with van der Waals surface area (Å²) in [5.41, 5.74) is 7.34. The molecule has 88 valence electrons. The fourth-order valence-electron chi connectivity index (χ4n) is 1.51. The Kier molecular flexibility index (Phi) is 5.29. The van der Waals surface area contributed by atoms with Crippen molar-refractivity contribution in [3.63, 3.8) is 0 Å². The molecule has 0 aliphatic rings. The van der Waals surface area contributed by atoms with Crippen LogP contribution in [0.4, 0.5) is 0 Å².